The van der Waals surface area contributed by atoms with E-state index in [1.165, 1.54) is 6.21 Å². The third-order valence-corrected chi connectivity index (χ3v) is 1.61. The van der Waals surface area contributed by atoms with Crippen molar-refractivity contribution in [2.24, 2.45) is 5.16 Å². The predicted octanol–water partition coefficient (Wildman–Crippen LogP) is 4.31. The van der Waals surface area contributed by atoms with Crippen LogP contribution in [0.1, 0.15) is 33.3 Å². The van der Waals surface area contributed by atoms with Gasteiger partial charge < -0.3 is 5.21 Å². The van der Waals surface area contributed by atoms with Crippen LogP contribution in [0, 0.1) is 0 Å². The highest BCUT2D eigenvalue weighted by Crippen LogP contribution is 2.08. The van der Waals surface area contributed by atoms with Crippen molar-refractivity contribution in [2.75, 3.05) is 0 Å². The lowest BCUT2D eigenvalue weighted by Gasteiger charge is -1.89. The Hall–Kier alpha value is -0.830. The molecule has 0 aromatic heterocycles. The van der Waals surface area contributed by atoms with E-state index in [1.54, 1.807) is 0 Å². The van der Waals surface area contributed by atoms with Gasteiger partial charge in [-0.15, -0.1) is 0 Å². The first-order valence-corrected chi connectivity index (χ1v) is 5.55. The van der Waals surface area contributed by atoms with Crippen molar-refractivity contribution < 1.29 is 5.21 Å². The van der Waals surface area contributed by atoms with E-state index >= 15 is 0 Å². The fraction of sp³-hybridized carbons (Fsp3) is 0.364. The molecule has 0 aliphatic carbocycles. The molecule has 0 aliphatic rings. The average Bonchev–Trinajstić information content (AvgIpc) is 2.28. The first kappa shape index (κ1) is 15.6. The SMILES string of the molecule is CC.CC.O/N=C/c1ccc(Br)cc1. The summed E-state index contributed by atoms with van der Waals surface area (Å²) >= 11 is 3.29. The van der Waals surface area contributed by atoms with E-state index in [-0.39, 0.29) is 0 Å². The van der Waals surface area contributed by atoms with Gasteiger partial charge in [-0.1, -0.05) is 60.9 Å². The van der Waals surface area contributed by atoms with Gasteiger partial charge in [0.05, 0.1) is 6.21 Å². The number of hydrogen-bond acceptors (Lipinski definition) is 2. The van der Waals surface area contributed by atoms with Gasteiger partial charge in [0.25, 0.3) is 0 Å². The molecule has 2 nitrogen and oxygen atoms in total. The molecule has 14 heavy (non-hydrogen) atoms. The number of halogens is 1. The molecular weight excluding hydrogens is 242 g/mol. The van der Waals surface area contributed by atoms with Crippen LogP contribution in [0.25, 0.3) is 0 Å². The molecular formula is C11H18BrNO. The Labute approximate surface area is 94.8 Å². The highest BCUT2D eigenvalue weighted by atomic mass is 79.9. The summed E-state index contributed by atoms with van der Waals surface area (Å²) in [6, 6.07) is 7.47. The van der Waals surface area contributed by atoms with Crippen molar-refractivity contribution in [1.29, 1.82) is 0 Å². The second-order valence-corrected chi connectivity index (χ2v) is 2.71. The summed E-state index contributed by atoms with van der Waals surface area (Å²) in [6.45, 7) is 8.00. The van der Waals surface area contributed by atoms with Crippen LogP contribution in [0.4, 0.5) is 0 Å². The lowest BCUT2D eigenvalue weighted by Crippen LogP contribution is -1.77. The maximum absolute atomic E-state index is 8.15. The molecule has 0 amide bonds. The van der Waals surface area contributed by atoms with Crippen LogP contribution in [-0.4, -0.2) is 11.4 Å². The molecule has 1 aromatic carbocycles. The molecule has 0 saturated heterocycles. The second-order valence-electron chi connectivity index (χ2n) is 1.80. The van der Waals surface area contributed by atoms with Gasteiger partial charge in [0.15, 0.2) is 0 Å². The van der Waals surface area contributed by atoms with E-state index in [4.69, 9.17) is 5.21 Å². The molecule has 1 aromatic rings. The number of oxime groups is 1. The Morgan fingerprint density at radius 3 is 1.86 bits per heavy atom. The van der Waals surface area contributed by atoms with Crippen molar-refractivity contribution in [3.8, 4) is 0 Å². The van der Waals surface area contributed by atoms with E-state index in [0.29, 0.717) is 0 Å². The third-order valence-electron chi connectivity index (χ3n) is 1.08. The normalized spacial score (nSPS) is 8.36. The maximum atomic E-state index is 8.15. The zero-order valence-electron chi connectivity index (χ0n) is 9.16. The highest BCUT2D eigenvalue weighted by Gasteiger charge is 1.86. The zero-order chi connectivity index (χ0) is 11.4. The van der Waals surface area contributed by atoms with Crippen LogP contribution in [0.15, 0.2) is 33.9 Å². The molecule has 1 N–H and O–H groups in total. The Morgan fingerprint density at radius 2 is 1.50 bits per heavy atom. The van der Waals surface area contributed by atoms with E-state index in [9.17, 15) is 0 Å². The summed E-state index contributed by atoms with van der Waals surface area (Å²) in [5.41, 5.74) is 0.880. The summed E-state index contributed by atoms with van der Waals surface area (Å²) in [5.74, 6) is 0. The Bertz CT molecular complexity index is 232. The van der Waals surface area contributed by atoms with Gasteiger partial charge in [-0.2, -0.15) is 0 Å². The predicted molar refractivity (Wildman–Crippen MR) is 66.2 cm³/mol. The van der Waals surface area contributed by atoms with E-state index in [0.717, 1.165) is 10.0 Å². The zero-order valence-corrected chi connectivity index (χ0v) is 10.7. The Morgan fingerprint density at radius 1 is 1.07 bits per heavy atom. The summed E-state index contributed by atoms with van der Waals surface area (Å²) in [5, 5.41) is 11.0. The molecule has 80 valence electrons. The van der Waals surface area contributed by atoms with Gasteiger partial charge in [0.2, 0.25) is 0 Å². The highest BCUT2D eigenvalue weighted by molar-refractivity contribution is 9.10. The fourth-order valence-electron chi connectivity index (χ4n) is 0.616. The van der Waals surface area contributed by atoms with Crippen molar-refractivity contribution >= 4 is 22.1 Å². The van der Waals surface area contributed by atoms with E-state index < -0.39 is 0 Å². The molecule has 0 aliphatic heterocycles. The van der Waals surface area contributed by atoms with Gasteiger partial charge in [0, 0.05) is 4.47 Å². The standard InChI is InChI=1S/C7H6BrNO.2C2H6/c8-7-3-1-6(2-4-7)5-9-10;2*1-2/h1-5,10H;2*1-2H3/b9-5+;;. The molecule has 0 atom stereocenters. The first-order valence-electron chi connectivity index (χ1n) is 4.76. The van der Waals surface area contributed by atoms with Crippen molar-refractivity contribution in [1.82, 2.24) is 0 Å². The minimum atomic E-state index is 0.880. The first-order chi connectivity index (χ1) is 6.83. The molecule has 0 saturated carbocycles. The molecule has 0 bridgehead atoms. The lowest BCUT2D eigenvalue weighted by atomic mass is 10.2. The Balaban J connectivity index is 0. The largest absolute Gasteiger partial charge is 0.411 e. The number of nitrogens with zero attached hydrogens (tertiary/aromatic N) is 1. The van der Waals surface area contributed by atoms with E-state index in [2.05, 4.69) is 21.1 Å². The molecule has 0 fully saturated rings. The van der Waals surface area contributed by atoms with Crippen molar-refractivity contribution in [3.05, 3.63) is 34.3 Å². The van der Waals surface area contributed by atoms with Gasteiger partial charge in [-0.05, 0) is 17.7 Å². The summed E-state index contributed by atoms with van der Waals surface area (Å²) in [6.07, 6.45) is 1.38. The number of benzene rings is 1. The summed E-state index contributed by atoms with van der Waals surface area (Å²) in [7, 11) is 0. The van der Waals surface area contributed by atoms with Crippen LogP contribution in [-0.2, 0) is 0 Å². The lowest BCUT2D eigenvalue weighted by molar-refractivity contribution is 0.322. The average molecular weight is 260 g/mol. The minimum absolute atomic E-state index is 0.880. The van der Waals surface area contributed by atoms with Crippen molar-refractivity contribution in [2.45, 2.75) is 27.7 Å². The molecule has 0 unspecified atom stereocenters. The number of hydrogen-bond donors (Lipinski definition) is 1. The molecule has 0 radical (unpaired) electrons. The van der Waals surface area contributed by atoms with Crippen LogP contribution in [0.3, 0.4) is 0 Å². The Kier molecular flexibility index (Phi) is 13.6. The van der Waals surface area contributed by atoms with Crippen molar-refractivity contribution in [3.63, 3.8) is 0 Å². The summed E-state index contributed by atoms with van der Waals surface area (Å²) in [4.78, 5) is 0. The van der Waals surface area contributed by atoms with Crippen LogP contribution >= 0.6 is 15.9 Å². The van der Waals surface area contributed by atoms with Crippen LogP contribution in [0.2, 0.25) is 0 Å². The molecule has 0 heterocycles. The second kappa shape index (κ2) is 12.2. The van der Waals surface area contributed by atoms with Gasteiger partial charge in [0.1, 0.15) is 0 Å². The quantitative estimate of drug-likeness (QED) is 0.455. The van der Waals surface area contributed by atoms with Crippen LogP contribution in [0.5, 0.6) is 0 Å². The van der Waals surface area contributed by atoms with Gasteiger partial charge in [-0.3, -0.25) is 0 Å². The van der Waals surface area contributed by atoms with Gasteiger partial charge >= 0.3 is 0 Å². The van der Waals surface area contributed by atoms with E-state index in [1.807, 2.05) is 52.0 Å². The molecule has 3 heteroatoms. The smallest absolute Gasteiger partial charge is 0.0733 e. The fourth-order valence-corrected chi connectivity index (χ4v) is 0.880. The van der Waals surface area contributed by atoms with Crippen LogP contribution < -0.4 is 0 Å². The molecule has 1 rings (SSSR count). The maximum Gasteiger partial charge on any atom is 0.0733 e. The monoisotopic (exact) mass is 259 g/mol. The minimum Gasteiger partial charge on any atom is -0.411 e. The topological polar surface area (TPSA) is 32.6 Å². The summed E-state index contributed by atoms with van der Waals surface area (Å²) < 4.78 is 1.02. The van der Waals surface area contributed by atoms with Gasteiger partial charge in [-0.25, -0.2) is 0 Å². The third kappa shape index (κ3) is 7.80. The molecule has 0 spiro atoms. The number of rotatable bonds is 1.